The number of halogens is 3. The van der Waals surface area contributed by atoms with Gasteiger partial charge in [0.05, 0.1) is 53.8 Å². The minimum atomic E-state index is -2.89. The molecule has 11 rings (SSSR count). The summed E-state index contributed by atoms with van der Waals surface area (Å²) in [7, 11) is 1.72. The molecule has 350 valence electrons. The molecule has 1 unspecified atom stereocenters. The number of ether oxygens (including phenoxy) is 2. The first-order chi connectivity index (χ1) is 31.9. The first-order valence-corrected chi connectivity index (χ1v) is 23.4. The number of hydrogen-bond acceptors (Lipinski definition) is 11. The highest BCUT2D eigenvalue weighted by Gasteiger charge is 2.41. The number of para-hydroxylation sites is 1. The Morgan fingerprint density at radius 3 is 2.59 bits per heavy atom. The summed E-state index contributed by atoms with van der Waals surface area (Å²) >= 11 is 0. The van der Waals surface area contributed by atoms with Crippen LogP contribution in [0, 0.1) is 11.8 Å². The van der Waals surface area contributed by atoms with Crippen LogP contribution in [-0.2, 0) is 26.1 Å². The minimum Gasteiger partial charge on any atom is -0.375 e. The van der Waals surface area contributed by atoms with Crippen LogP contribution in [0.15, 0.2) is 47.7 Å². The van der Waals surface area contributed by atoms with E-state index >= 15 is 4.39 Å². The number of carbonyl (C=O) groups excluding carboxylic acids is 3. The van der Waals surface area contributed by atoms with Crippen LogP contribution in [0.5, 0.6) is 0 Å². The quantitative estimate of drug-likeness (QED) is 0.160. The highest BCUT2D eigenvalue weighted by Crippen LogP contribution is 2.45. The fraction of sp³-hybridized carbons (Fsp3) is 0.587. The van der Waals surface area contributed by atoms with E-state index in [1.54, 1.807) is 22.5 Å². The summed E-state index contributed by atoms with van der Waals surface area (Å²) in [5, 5.41) is 13.6. The second-order valence-electron chi connectivity index (χ2n) is 19.3. The minimum absolute atomic E-state index is 0.0391. The first kappa shape index (κ1) is 43.0. The average Bonchev–Trinajstić information content (AvgIpc) is 4.14. The SMILES string of the molecule is Cn1c(=O)n(C2CCC(=O)NC2=O)c2cccc([C@H]3C[C@H](CO[C@H]4CCN(C[C@H]5CC[C@H](n6cc(NC(=O)c7cnn8ccc(N9C[C@H]%10C[C@@H]9CO%10)nc78)c(C(F)F)n6)CC5)C[C@@H]4F)C3)c21. The predicted octanol–water partition coefficient (Wildman–Crippen LogP) is 5.08. The summed E-state index contributed by atoms with van der Waals surface area (Å²) < 4.78 is 62.4. The lowest BCUT2D eigenvalue weighted by molar-refractivity contribution is -0.135. The zero-order chi connectivity index (χ0) is 45.4. The Kier molecular flexibility index (Phi) is 11.2. The van der Waals surface area contributed by atoms with Gasteiger partial charge in [-0.25, -0.2) is 27.5 Å². The fourth-order valence-electron chi connectivity index (χ4n) is 11.6. The second kappa shape index (κ2) is 17.2. The molecule has 3 amide bonds. The number of aryl methyl sites for hydroxylation is 1. The number of nitrogens with zero attached hydrogens (tertiary/aromatic N) is 9. The van der Waals surface area contributed by atoms with Crippen LogP contribution in [0.4, 0.5) is 24.7 Å². The molecule has 6 fully saturated rings. The van der Waals surface area contributed by atoms with Crippen LogP contribution in [0.1, 0.15) is 110 Å². The van der Waals surface area contributed by atoms with Crippen LogP contribution < -0.4 is 21.2 Å². The maximum Gasteiger partial charge on any atom is 0.329 e. The Morgan fingerprint density at radius 1 is 1.02 bits per heavy atom. The molecule has 4 saturated heterocycles. The van der Waals surface area contributed by atoms with E-state index in [9.17, 15) is 28.0 Å². The first-order valence-electron chi connectivity index (χ1n) is 23.4. The summed E-state index contributed by atoms with van der Waals surface area (Å²) in [6.45, 7) is 3.62. The normalized spacial score (nSPS) is 29.3. The van der Waals surface area contributed by atoms with Gasteiger partial charge >= 0.3 is 5.69 Å². The van der Waals surface area contributed by atoms with Crippen LogP contribution in [-0.4, -0.2) is 120 Å². The van der Waals surface area contributed by atoms with Crippen molar-refractivity contribution in [3.63, 3.8) is 0 Å². The number of imidazole rings is 1. The Balaban J connectivity index is 0.646. The van der Waals surface area contributed by atoms with Crippen LogP contribution >= 0.6 is 0 Å². The lowest BCUT2D eigenvalue weighted by Gasteiger charge is -2.40. The van der Waals surface area contributed by atoms with Gasteiger partial charge in [-0.3, -0.25) is 38.4 Å². The molecule has 17 nitrogen and oxygen atoms in total. The van der Waals surface area contributed by atoms with Crippen molar-refractivity contribution < 1.29 is 37.0 Å². The van der Waals surface area contributed by atoms with E-state index < -0.39 is 42.3 Å². The van der Waals surface area contributed by atoms with E-state index in [1.807, 2.05) is 24.3 Å². The van der Waals surface area contributed by atoms with Gasteiger partial charge < -0.3 is 19.7 Å². The third-order valence-electron chi connectivity index (χ3n) is 15.2. The number of aromatic nitrogens is 7. The van der Waals surface area contributed by atoms with Gasteiger partial charge in [-0.15, -0.1) is 0 Å². The van der Waals surface area contributed by atoms with Crippen molar-refractivity contribution in [2.75, 3.05) is 49.6 Å². The van der Waals surface area contributed by atoms with E-state index in [0.717, 1.165) is 81.5 Å². The Bertz CT molecular complexity index is 2740. The summed E-state index contributed by atoms with van der Waals surface area (Å²) in [5.74, 6) is 0.154. The van der Waals surface area contributed by atoms with E-state index in [1.165, 1.54) is 21.5 Å². The number of piperidine rings is 2. The molecule has 6 aliphatic rings. The molecule has 4 aromatic heterocycles. The number of amides is 3. The number of morpholine rings is 1. The summed E-state index contributed by atoms with van der Waals surface area (Å²) in [4.78, 5) is 60.5. The number of likely N-dealkylation sites (tertiary alicyclic amines) is 1. The predicted molar refractivity (Wildman–Crippen MR) is 234 cm³/mol. The van der Waals surface area contributed by atoms with Crippen LogP contribution in [0.25, 0.3) is 16.7 Å². The molecular weight excluding hydrogens is 860 g/mol. The van der Waals surface area contributed by atoms with Gasteiger partial charge in [-0.05, 0) is 93.2 Å². The van der Waals surface area contributed by atoms with Crippen molar-refractivity contribution in [1.82, 2.24) is 43.7 Å². The van der Waals surface area contributed by atoms with E-state index in [0.29, 0.717) is 43.3 Å². The molecule has 66 heavy (non-hydrogen) atoms. The molecule has 2 aliphatic carbocycles. The van der Waals surface area contributed by atoms with Crippen molar-refractivity contribution >= 4 is 45.9 Å². The highest BCUT2D eigenvalue weighted by molar-refractivity contribution is 6.08. The topological polar surface area (TPSA) is 175 Å². The largest absolute Gasteiger partial charge is 0.375 e. The van der Waals surface area contributed by atoms with E-state index in [2.05, 4.69) is 30.6 Å². The molecule has 5 aromatic rings. The molecule has 20 heteroatoms. The standard InChI is InChI=1S/C46H54F3N11O6/c1-55-41-31(3-2-4-35(41)60(46(55)64)36-9-10-39(61)53-45(36)63)27-15-26(16-27)23-66-37-11-13-56(21-33(37)47)19-25-5-7-28(8-6-25)59-22-34(40(54-59)42(48)49)51-44(62)32-18-50-58-14-12-38(52-43(32)58)57-20-30-17-29(57)24-65-30/h2-4,12,14,18,22,25-30,33,36-37,42H,5-11,13,15-17,19-21,23-24H2,1H3,(H,51,62)(H,53,61,63)/t25-,26-,27-,28-,29-,30-,33+,36?,37+/m1/s1. The van der Waals surface area contributed by atoms with Crippen molar-refractivity contribution in [3.8, 4) is 0 Å². The van der Waals surface area contributed by atoms with Crippen LogP contribution in [0.3, 0.4) is 0 Å². The van der Waals surface area contributed by atoms with E-state index in [4.69, 9.17) is 14.5 Å². The lowest BCUT2D eigenvalue weighted by Crippen LogP contribution is -2.48. The number of hydrogen-bond donors (Lipinski definition) is 2. The van der Waals surface area contributed by atoms with Gasteiger partial charge in [0.2, 0.25) is 11.8 Å². The summed E-state index contributed by atoms with van der Waals surface area (Å²) in [6.07, 6.45) is 7.18. The molecule has 2 bridgehead atoms. The Hall–Kier alpha value is -5.60. The number of fused-ring (bicyclic) bond motifs is 4. The van der Waals surface area contributed by atoms with E-state index in [-0.39, 0.29) is 65.7 Å². The van der Waals surface area contributed by atoms with Gasteiger partial charge in [0, 0.05) is 58.6 Å². The molecule has 2 saturated carbocycles. The number of rotatable bonds is 12. The summed E-state index contributed by atoms with van der Waals surface area (Å²) in [6, 6.07) is 7.03. The fourth-order valence-corrected chi connectivity index (χ4v) is 11.6. The smallest absolute Gasteiger partial charge is 0.329 e. The molecule has 1 aromatic carbocycles. The number of anilines is 2. The van der Waals surface area contributed by atoms with Crippen molar-refractivity contribution in [2.45, 2.75) is 113 Å². The monoisotopic (exact) mass is 913 g/mol. The highest BCUT2D eigenvalue weighted by atomic mass is 19.3. The third kappa shape index (κ3) is 7.87. The van der Waals surface area contributed by atoms with Crippen LogP contribution in [0.2, 0.25) is 0 Å². The Morgan fingerprint density at radius 2 is 1.85 bits per heavy atom. The maximum absolute atomic E-state index is 15.6. The molecule has 0 spiro atoms. The average molecular weight is 914 g/mol. The molecular formula is C46H54F3N11O6. The molecule has 8 heterocycles. The summed E-state index contributed by atoms with van der Waals surface area (Å²) in [5.41, 5.74) is 2.23. The van der Waals surface area contributed by atoms with Gasteiger partial charge in [0.1, 0.15) is 23.6 Å². The lowest BCUT2D eigenvalue weighted by atomic mass is 9.71. The third-order valence-corrected chi connectivity index (χ3v) is 15.2. The molecule has 5 atom stereocenters. The van der Waals surface area contributed by atoms with Gasteiger partial charge in [-0.1, -0.05) is 12.1 Å². The van der Waals surface area contributed by atoms with Crippen molar-refractivity contribution in [2.24, 2.45) is 18.9 Å². The van der Waals surface area contributed by atoms with Crippen molar-refractivity contribution in [3.05, 3.63) is 70.2 Å². The van der Waals surface area contributed by atoms with Crippen molar-refractivity contribution in [1.29, 1.82) is 0 Å². The zero-order valence-corrected chi connectivity index (χ0v) is 36.7. The zero-order valence-electron chi connectivity index (χ0n) is 36.7. The van der Waals surface area contributed by atoms with Gasteiger partial charge in [0.15, 0.2) is 11.3 Å². The molecule has 0 radical (unpaired) electrons. The van der Waals surface area contributed by atoms with Gasteiger partial charge in [-0.2, -0.15) is 10.2 Å². The molecule has 4 aliphatic heterocycles. The second-order valence-corrected chi connectivity index (χ2v) is 19.3. The number of alkyl halides is 3. The molecule has 2 N–H and O–H groups in total. The Labute approximate surface area is 377 Å². The number of nitrogens with one attached hydrogen (secondary N) is 2. The number of benzene rings is 1. The number of imide groups is 1. The van der Waals surface area contributed by atoms with Gasteiger partial charge in [0.25, 0.3) is 12.3 Å². The number of carbonyl (C=O) groups is 3. The maximum atomic E-state index is 15.6.